The Morgan fingerprint density at radius 1 is 1.28 bits per heavy atom. The molecule has 100 valence electrons. The van der Waals surface area contributed by atoms with E-state index in [0.717, 1.165) is 10.9 Å². The molecule has 1 aromatic carbocycles. The zero-order valence-electron chi connectivity index (χ0n) is 11.6. The van der Waals surface area contributed by atoms with E-state index >= 15 is 0 Å². The molecule has 0 aliphatic carbocycles. The van der Waals surface area contributed by atoms with E-state index < -0.39 is 0 Å². The van der Waals surface area contributed by atoms with Gasteiger partial charge in [-0.3, -0.25) is 0 Å². The highest BCUT2D eigenvalue weighted by atomic mass is 79.9. The van der Waals surface area contributed by atoms with Gasteiger partial charge in [0.2, 0.25) is 0 Å². The molecule has 0 saturated carbocycles. The van der Waals surface area contributed by atoms with Gasteiger partial charge in [0.1, 0.15) is 0 Å². The van der Waals surface area contributed by atoms with Gasteiger partial charge in [0.05, 0.1) is 11.7 Å². The number of benzene rings is 1. The summed E-state index contributed by atoms with van der Waals surface area (Å²) >= 11 is 3.50. The van der Waals surface area contributed by atoms with E-state index in [1.165, 1.54) is 24.8 Å². The van der Waals surface area contributed by atoms with Crippen molar-refractivity contribution in [2.24, 2.45) is 0 Å². The van der Waals surface area contributed by atoms with Crippen molar-refractivity contribution in [1.29, 1.82) is 0 Å². The van der Waals surface area contributed by atoms with Crippen LogP contribution >= 0.6 is 15.9 Å². The lowest BCUT2D eigenvalue weighted by atomic mass is 9.86. The van der Waals surface area contributed by atoms with Crippen molar-refractivity contribution in [1.82, 2.24) is 0 Å². The first-order chi connectivity index (χ1) is 8.52. The molecule has 0 unspecified atom stereocenters. The third kappa shape index (κ3) is 3.36. The maximum Gasteiger partial charge on any atom is 0.0651 e. The molecular weight excluding hydrogens is 288 g/mol. The number of halogens is 1. The van der Waals surface area contributed by atoms with Gasteiger partial charge in [0.25, 0.3) is 0 Å². The number of hydrogen-bond donors (Lipinski definition) is 0. The molecule has 2 rings (SSSR count). The zero-order chi connectivity index (χ0) is 13.2. The Balaban J connectivity index is 2.15. The van der Waals surface area contributed by atoms with Gasteiger partial charge >= 0.3 is 0 Å². The molecule has 0 radical (unpaired) electrons. The van der Waals surface area contributed by atoms with Gasteiger partial charge < -0.3 is 4.74 Å². The maximum absolute atomic E-state index is 6.24. The molecule has 1 aliphatic heterocycles. The summed E-state index contributed by atoms with van der Waals surface area (Å²) in [7, 11) is 0. The largest absolute Gasteiger partial charge is 0.372 e. The van der Waals surface area contributed by atoms with E-state index in [0.29, 0.717) is 12.0 Å². The smallest absolute Gasteiger partial charge is 0.0651 e. The second-order valence-electron chi connectivity index (χ2n) is 5.92. The van der Waals surface area contributed by atoms with Crippen molar-refractivity contribution in [3.8, 4) is 0 Å². The SMILES string of the molecule is CCCC[C@@H]1OC(C)(C)C[C@@H]1c1ccc(Br)cc1. The van der Waals surface area contributed by atoms with Crippen LogP contribution < -0.4 is 0 Å². The Kier molecular flexibility index (Phi) is 4.50. The average molecular weight is 311 g/mol. The summed E-state index contributed by atoms with van der Waals surface area (Å²) in [5.41, 5.74) is 1.45. The third-order valence-corrected chi connectivity index (χ3v) is 4.30. The summed E-state index contributed by atoms with van der Waals surface area (Å²) in [6.45, 7) is 6.67. The first kappa shape index (κ1) is 14.1. The van der Waals surface area contributed by atoms with E-state index in [1.54, 1.807) is 0 Å². The molecule has 1 fully saturated rings. The minimum atomic E-state index is 0.0240. The van der Waals surface area contributed by atoms with Gasteiger partial charge in [-0.15, -0.1) is 0 Å². The van der Waals surface area contributed by atoms with Gasteiger partial charge in [-0.2, -0.15) is 0 Å². The van der Waals surface area contributed by atoms with E-state index in [1.807, 2.05) is 0 Å². The molecule has 1 heterocycles. The standard InChI is InChI=1S/C16H23BrO/c1-4-5-6-15-14(11-16(2,3)18-15)12-7-9-13(17)10-8-12/h7-10,14-15H,4-6,11H2,1-3H3/t14-,15+/m1/s1. The molecule has 0 spiro atoms. The highest BCUT2D eigenvalue weighted by molar-refractivity contribution is 9.10. The molecule has 1 nitrogen and oxygen atoms in total. The molecule has 1 aliphatic rings. The van der Waals surface area contributed by atoms with Gasteiger partial charge in [-0.25, -0.2) is 0 Å². The predicted molar refractivity (Wildman–Crippen MR) is 80.0 cm³/mol. The van der Waals surface area contributed by atoms with Crippen LogP contribution in [0.4, 0.5) is 0 Å². The van der Waals surface area contributed by atoms with Gasteiger partial charge in [0.15, 0.2) is 0 Å². The molecule has 2 heteroatoms. The molecule has 1 saturated heterocycles. The monoisotopic (exact) mass is 310 g/mol. The van der Waals surface area contributed by atoms with Gasteiger partial charge in [-0.1, -0.05) is 47.8 Å². The van der Waals surface area contributed by atoms with Crippen molar-refractivity contribution in [2.75, 3.05) is 0 Å². The topological polar surface area (TPSA) is 9.23 Å². The van der Waals surface area contributed by atoms with E-state index in [4.69, 9.17) is 4.74 Å². The van der Waals surface area contributed by atoms with Crippen LogP contribution in [0.5, 0.6) is 0 Å². The van der Waals surface area contributed by atoms with E-state index in [2.05, 4.69) is 61.0 Å². The predicted octanol–water partition coefficient (Wildman–Crippen LogP) is 5.29. The lowest BCUT2D eigenvalue weighted by Crippen LogP contribution is -2.20. The van der Waals surface area contributed by atoms with Gasteiger partial charge in [-0.05, 0) is 44.4 Å². The minimum absolute atomic E-state index is 0.0240. The maximum atomic E-state index is 6.24. The van der Waals surface area contributed by atoms with E-state index in [-0.39, 0.29) is 5.60 Å². The number of unbranched alkanes of at least 4 members (excludes halogenated alkanes) is 1. The van der Waals surface area contributed by atoms with Crippen molar-refractivity contribution in [3.63, 3.8) is 0 Å². The van der Waals surface area contributed by atoms with Crippen molar-refractivity contribution >= 4 is 15.9 Å². The Hall–Kier alpha value is -0.340. The summed E-state index contributed by atoms with van der Waals surface area (Å²) in [6, 6.07) is 8.74. The lowest BCUT2D eigenvalue weighted by Gasteiger charge is -2.20. The van der Waals surface area contributed by atoms with Crippen molar-refractivity contribution < 1.29 is 4.74 Å². The quantitative estimate of drug-likeness (QED) is 0.734. The summed E-state index contributed by atoms with van der Waals surface area (Å²) in [6.07, 6.45) is 5.20. The normalized spacial score (nSPS) is 26.4. The second kappa shape index (κ2) is 5.75. The molecule has 0 N–H and O–H groups in total. The Morgan fingerprint density at radius 2 is 1.94 bits per heavy atom. The lowest BCUT2D eigenvalue weighted by molar-refractivity contribution is -0.0211. The van der Waals surface area contributed by atoms with Crippen molar-refractivity contribution in [2.45, 2.75) is 64.1 Å². The summed E-state index contributed by atoms with van der Waals surface area (Å²) < 4.78 is 7.38. The molecule has 1 aromatic rings. The zero-order valence-corrected chi connectivity index (χ0v) is 13.2. The molecule has 0 bridgehead atoms. The first-order valence-corrected chi connectivity index (χ1v) is 7.74. The molecular formula is C16H23BrO. The van der Waals surface area contributed by atoms with Crippen LogP contribution in [0.25, 0.3) is 0 Å². The molecule has 0 aromatic heterocycles. The van der Waals surface area contributed by atoms with Gasteiger partial charge in [0, 0.05) is 10.4 Å². The molecule has 2 atom stereocenters. The summed E-state index contributed by atoms with van der Waals surface area (Å²) in [5.74, 6) is 0.555. The molecule has 18 heavy (non-hydrogen) atoms. The van der Waals surface area contributed by atoms with Crippen LogP contribution in [0.2, 0.25) is 0 Å². The van der Waals surface area contributed by atoms with Crippen LogP contribution in [0.3, 0.4) is 0 Å². The Bertz CT molecular complexity index is 383. The average Bonchev–Trinajstić information content (AvgIpc) is 2.63. The number of rotatable bonds is 4. The third-order valence-electron chi connectivity index (χ3n) is 3.77. The van der Waals surface area contributed by atoms with Crippen LogP contribution in [-0.4, -0.2) is 11.7 Å². The second-order valence-corrected chi connectivity index (χ2v) is 6.84. The summed E-state index contributed by atoms with van der Waals surface area (Å²) in [4.78, 5) is 0. The number of ether oxygens (including phenoxy) is 1. The fourth-order valence-corrected chi connectivity index (χ4v) is 3.17. The van der Waals surface area contributed by atoms with Crippen molar-refractivity contribution in [3.05, 3.63) is 34.3 Å². The van der Waals surface area contributed by atoms with Crippen LogP contribution in [-0.2, 0) is 4.74 Å². The molecule has 0 amide bonds. The van der Waals surface area contributed by atoms with Crippen LogP contribution in [0.15, 0.2) is 28.7 Å². The minimum Gasteiger partial charge on any atom is -0.372 e. The summed E-state index contributed by atoms with van der Waals surface area (Å²) in [5, 5.41) is 0. The fraction of sp³-hybridized carbons (Fsp3) is 0.625. The highest BCUT2D eigenvalue weighted by Crippen LogP contribution is 2.43. The Labute approximate surface area is 119 Å². The number of hydrogen-bond acceptors (Lipinski definition) is 1. The van der Waals surface area contributed by atoms with E-state index in [9.17, 15) is 0 Å². The van der Waals surface area contributed by atoms with Crippen LogP contribution in [0, 0.1) is 0 Å². The van der Waals surface area contributed by atoms with Crippen LogP contribution in [0.1, 0.15) is 57.9 Å². The first-order valence-electron chi connectivity index (χ1n) is 6.95. The highest BCUT2D eigenvalue weighted by Gasteiger charge is 2.40. The fourth-order valence-electron chi connectivity index (χ4n) is 2.91. The Morgan fingerprint density at radius 3 is 2.56 bits per heavy atom.